The zero-order valence-electron chi connectivity index (χ0n) is 23.0. The normalized spacial score (nSPS) is 22.0. The van der Waals surface area contributed by atoms with Crippen LogP contribution >= 0.6 is 22.6 Å². The molecule has 2 amide bonds. The fourth-order valence-corrected chi connectivity index (χ4v) is 6.21. The average molecular weight is 657 g/mol. The number of methoxy groups -OCH3 is 1. The quantitative estimate of drug-likeness (QED) is 0.189. The molecule has 0 spiro atoms. The van der Waals surface area contributed by atoms with Gasteiger partial charge in [-0.1, -0.05) is 39.5 Å². The first kappa shape index (κ1) is 31.3. The summed E-state index contributed by atoms with van der Waals surface area (Å²) in [7, 11) is 1.47. The minimum atomic E-state index is -1.11. The molecule has 3 atom stereocenters. The van der Waals surface area contributed by atoms with E-state index in [1.54, 1.807) is 18.2 Å². The summed E-state index contributed by atoms with van der Waals surface area (Å²) >= 11 is 2.04. The Morgan fingerprint density at radius 2 is 1.90 bits per heavy atom. The van der Waals surface area contributed by atoms with E-state index in [1.807, 2.05) is 41.3 Å². The zero-order valence-corrected chi connectivity index (χ0v) is 25.2. The molecule has 39 heavy (non-hydrogen) atoms. The second-order valence-corrected chi connectivity index (χ2v) is 11.9. The maximum absolute atomic E-state index is 13.7. The highest BCUT2D eigenvalue weighted by atomic mass is 127. The Balaban J connectivity index is 2.04. The number of aliphatic hydroxyl groups excluding tert-OH is 2. The predicted molar refractivity (Wildman–Crippen MR) is 156 cm³/mol. The van der Waals surface area contributed by atoms with Crippen LogP contribution in [0.4, 0.5) is 0 Å². The number of aliphatic hydroxyl groups is 2. The molecule has 1 fully saturated rings. The van der Waals surface area contributed by atoms with Gasteiger partial charge in [0.2, 0.25) is 11.8 Å². The molecule has 0 saturated heterocycles. The number of hydrogen-bond acceptors (Lipinski definition) is 7. The fourth-order valence-electron chi connectivity index (χ4n) is 5.46. The number of carbonyl (C=O) groups excluding carboxylic acids is 3. The van der Waals surface area contributed by atoms with Crippen LogP contribution < -0.4 is 14.8 Å². The third-order valence-electron chi connectivity index (χ3n) is 7.30. The molecule has 3 N–H and O–H groups in total. The molecule has 2 aliphatic rings. The molecule has 0 aliphatic heterocycles. The summed E-state index contributed by atoms with van der Waals surface area (Å²) in [6.07, 6.45) is 6.74. The predicted octanol–water partition coefficient (Wildman–Crippen LogP) is 3.63. The number of nitrogens with zero attached hydrogens (tertiary/aromatic N) is 1. The minimum Gasteiger partial charge on any atom is -0.493 e. The van der Waals surface area contributed by atoms with Crippen molar-refractivity contribution in [3.8, 4) is 11.5 Å². The van der Waals surface area contributed by atoms with Crippen LogP contribution in [-0.4, -0.2) is 77.8 Å². The van der Waals surface area contributed by atoms with Crippen LogP contribution in [0.1, 0.15) is 75.6 Å². The molecule has 3 unspecified atom stereocenters. The Bertz CT molecular complexity index is 1040. The van der Waals surface area contributed by atoms with Crippen LogP contribution in [-0.2, 0) is 9.59 Å². The van der Waals surface area contributed by atoms with Crippen molar-refractivity contribution in [3.05, 3.63) is 32.9 Å². The van der Waals surface area contributed by atoms with Crippen molar-refractivity contribution in [1.29, 1.82) is 0 Å². The van der Waals surface area contributed by atoms with Crippen molar-refractivity contribution < 1.29 is 34.1 Å². The first-order chi connectivity index (χ1) is 18.7. The van der Waals surface area contributed by atoms with Gasteiger partial charge in [0.15, 0.2) is 11.5 Å². The molecule has 9 nitrogen and oxygen atoms in total. The lowest BCUT2D eigenvalue weighted by Crippen LogP contribution is -2.58. The lowest BCUT2D eigenvalue weighted by molar-refractivity contribution is -0.143. The molecule has 3 rings (SSSR count). The van der Waals surface area contributed by atoms with E-state index >= 15 is 0 Å². The van der Waals surface area contributed by atoms with Gasteiger partial charge in [0, 0.05) is 36.6 Å². The van der Waals surface area contributed by atoms with Gasteiger partial charge in [0.1, 0.15) is 18.5 Å². The van der Waals surface area contributed by atoms with Gasteiger partial charge in [-0.15, -0.1) is 0 Å². The molecule has 0 bridgehead atoms. The van der Waals surface area contributed by atoms with Crippen LogP contribution in [0.15, 0.2) is 23.8 Å². The molecule has 0 radical (unpaired) electrons. The Kier molecular flexibility index (Phi) is 12.1. The molecule has 0 aromatic heterocycles. The van der Waals surface area contributed by atoms with Crippen molar-refractivity contribution in [2.24, 2.45) is 5.92 Å². The number of hydrogen-bond donors (Lipinski definition) is 3. The third-order valence-corrected chi connectivity index (χ3v) is 8.10. The van der Waals surface area contributed by atoms with Crippen molar-refractivity contribution in [2.45, 2.75) is 89.5 Å². The van der Waals surface area contributed by atoms with Crippen LogP contribution in [0.5, 0.6) is 11.5 Å². The monoisotopic (exact) mass is 656 g/mol. The molecule has 2 aliphatic carbocycles. The number of carbonyl (C=O) groups is 3. The van der Waals surface area contributed by atoms with E-state index in [-0.39, 0.29) is 43.3 Å². The van der Waals surface area contributed by atoms with E-state index in [1.165, 1.54) is 7.11 Å². The summed E-state index contributed by atoms with van der Waals surface area (Å²) in [5.41, 5.74) is 0.808. The van der Waals surface area contributed by atoms with Gasteiger partial charge >= 0.3 is 0 Å². The van der Waals surface area contributed by atoms with Crippen molar-refractivity contribution >= 4 is 40.7 Å². The van der Waals surface area contributed by atoms with Crippen LogP contribution in [0.3, 0.4) is 0 Å². The number of amides is 2. The second-order valence-electron chi connectivity index (χ2n) is 10.7. The fraction of sp³-hybridized carbons (Fsp3) is 0.621. The van der Waals surface area contributed by atoms with E-state index in [4.69, 9.17) is 9.47 Å². The third kappa shape index (κ3) is 8.17. The SMILES string of the molecule is COc1cc(C=O)cc(I)c1OC1C=C(C(=O)NCCO)CC(N(C(=O)CC(C)C)C2CCCCCC2)C1O. The van der Waals surface area contributed by atoms with Crippen LogP contribution in [0, 0.1) is 9.49 Å². The topological polar surface area (TPSA) is 125 Å². The molecule has 1 saturated carbocycles. The molecule has 0 heterocycles. The number of nitrogens with one attached hydrogen (secondary N) is 1. The molecular weight excluding hydrogens is 615 g/mol. The maximum atomic E-state index is 13.7. The number of rotatable bonds is 11. The molecule has 1 aromatic carbocycles. The highest BCUT2D eigenvalue weighted by Crippen LogP contribution is 2.38. The lowest BCUT2D eigenvalue weighted by atomic mass is 9.86. The van der Waals surface area contributed by atoms with Crippen molar-refractivity contribution in [2.75, 3.05) is 20.3 Å². The number of ether oxygens (including phenoxy) is 2. The number of halogens is 1. The van der Waals surface area contributed by atoms with Crippen LogP contribution in [0.2, 0.25) is 0 Å². The van der Waals surface area contributed by atoms with E-state index in [2.05, 4.69) is 5.32 Å². The van der Waals surface area contributed by atoms with E-state index in [9.17, 15) is 24.6 Å². The summed E-state index contributed by atoms with van der Waals surface area (Å²) in [6, 6.07) is 2.52. The van der Waals surface area contributed by atoms with Crippen LogP contribution in [0.25, 0.3) is 0 Å². The van der Waals surface area contributed by atoms with Gasteiger partial charge in [-0.3, -0.25) is 14.4 Å². The van der Waals surface area contributed by atoms with Crippen molar-refractivity contribution in [1.82, 2.24) is 10.2 Å². The molecular formula is C29H41IN2O7. The maximum Gasteiger partial charge on any atom is 0.247 e. The van der Waals surface area contributed by atoms with Gasteiger partial charge in [-0.05, 0) is 59.6 Å². The lowest BCUT2D eigenvalue weighted by Gasteiger charge is -2.44. The number of benzene rings is 1. The summed E-state index contributed by atoms with van der Waals surface area (Å²) in [4.78, 5) is 40.0. The van der Waals surface area contributed by atoms with Gasteiger partial charge < -0.3 is 29.9 Å². The smallest absolute Gasteiger partial charge is 0.247 e. The molecule has 10 heteroatoms. The van der Waals surface area contributed by atoms with Gasteiger partial charge in [0.05, 0.1) is 23.3 Å². The van der Waals surface area contributed by atoms with Crippen molar-refractivity contribution in [3.63, 3.8) is 0 Å². The Morgan fingerprint density at radius 1 is 1.21 bits per heavy atom. The van der Waals surface area contributed by atoms with Gasteiger partial charge in [0.25, 0.3) is 0 Å². The molecule has 216 valence electrons. The summed E-state index contributed by atoms with van der Waals surface area (Å²) in [5.74, 6) is 0.413. The second kappa shape index (κ2) is 15.0. The Hall–Kier alpha value is -2.18. The highest BCUT2D eigenvalue weighted by molar-refractivity contribution is 14.1. The highest BCUT2D eigenvalue weighted by Gasteiger charge is 2.43. The standard InChI is InChI=1S/C29H41IN2O7/c1-18(2)12-26(35)32(21-8-6-4-5-7-9-21)23-15-20(29(37)31-10-11-33)16-24(27(23)36)39-28-22(30)13-19(17-34)14-25(28)38-3/h13-14,16-18,21,23-24,27,33,36H,4-12,15H2,1-3H3,(H,31,37). The Morgan fingerprint density at radius 3 is 2.49 bits per heavy atom. The summed E-state index contributed by atoms with van der Waals surface area (Å²) in [6.45, 7) is 3.88. The molecule has 1 aromatic rings. The largest absolute Gasteiger partial charge is 0.493 e. The van der Waals surface area contributed by atoms with Gasteiger partial charge in [-0.25, -0.2) is 0 Å². The van der Waals surface area contributed by atoms with E-state index < -0.39 is 18.2 Å². The Labute approximate surface area is 244 Å². The first-order valence-electron chi connectivity index (χ1n) is 13.8. The first-order valence-corrected chi connectivity index (χ1v) is 14.9. The van der Waals surface area contributed by atoms with Gasteiger partial charge in [-0.2, -0.15) is 0 Å². The minimum absolute atomic E-state index is 0.0274. The van der Waals surface area contributed by atoms with E-state index in [0.717, 1.165) is 38.5 Å². The number of aldehydes is 1. The average Bonchev–Trinajstić information content (AvgIpc) is 3.19. The summed E-state index contributed by atoms with van der Waals surface area (Å²) in [5, 5.41) is 23.7. The van der Waals surface area contributed by atoms with E-state index in [0.29, 0.717) is 38.9 Å². The zero-order chi connectivity index (χ0) is 28.5. The summed E-state index contributed by atoms with van der Waals surface area (Å²) < 4.78 is 12.4.